The number of carbonyl (C=O) groups is 2. The van der Waals surface area contributed by atoms with Crippen LogP contribution in [0.2, 0.25) is 5.02 Å². The zero-order valence-electron chi connectivity index (χ0n) is 18.4. The van der Waals surface area contributed by atoms with Crippen molar-refractivity contribution in [2.24, 2.45) is 0 Å². The molecule has 0 saturated heterocycles. The number of rotatable bonds is 9. The minimum Gasteiger partial charge on any atom is -0.484 e. The summed E-state index contributed by atoms with van der Waals surface area (Å²) in [7, 11) is 0. The molecule has 0 bridgehead atoms. The molecule has 36 heavy (non-hydrogen) atoms. The molecule has 188 valence electrons. The van der Waals surface area contributed by atoms with Crippen molar-refractivity contribution in [3.63, 3.8) is 0 Å². The van der Waals surface area contributed by atoms with Crippen molar-refractivity contribution in [1.29, 1.82) is 0 Å². The first kappa shape index (κ1) is 25.0. The third-order valence-corrected chi connectivity index (χ3v) is 5.04. The smallest absolute Gasteiger partial charge is 0.449 e. The number of benzene rings is 2. The second kappa shape index (κ2) is 10.6. The van der Waals surface area contributed by atoms with Gasteiger partial charge in [-0.3, -0.25) is 9.59 Å². The molecule has 0 atom stereocenters. The van der Waals surface area contributed by atoms with E-state index in [1.54, 1.807) is 36.4 Å². The van der Waals surface area contributed by atoms with Crippen molar-refractivity contribution < 1.29 is 32.0 Å². The van der Waals surface area contributed by atoms with Gasteiger partial charge in [0.2, 0.25) is 5.82 Å². The van der Waals surface area contributed by atoms with Crippen LogP contribution in [-0.4, -0.2) is 51.2 Å². The van der Waals surface area contributed by atoms with Crippen molar-refractivity contribution in [3.05, 3.63) is 71.1 Å². The van der Waals surface area contributed by atoms with E-state index in [2.05, 4.69) is 25.8 Å². The summed E-state index contributed by atoms with van der Waals surface area (Å²) in [6.07, 6.45) is -4.70. The Labute approximate surface area is 206 Å². The molecule has 14 heteroatoms. The van der Waals surface area contributed by atoms with Crippen molar-refractivity contribution in [2.75, 3.05) is 19.7 Å². The van der Waals surface area contributed by atoms with Gasteiger partial charge in [0.15, 0.2) is 12.4 Å². The molecule has 0 aliphatic rings. The Kier molecular flexibility index (Phi) is 7.38. The topological polar surface area (TPSA) is 124 Å². The lowest BCUT2D eigenvalue weighted by Gasteiger charge is -2.09. The van der Waals surface area contributed by atoms with Crippen LogP contribution in [0, 0.1) is 0 Å². The molecule has 0 radical (unpaired) electrons. The fourth-order valence-corrected chi connectivity index (χ4v) is 3.31. The third kappa shape index (κ3) is 6.10. The van der Waals surface area contributed by atoms with Crippen LogP contribution >= 0.6 is 11.6 Å². The summed E-state index contributed by atoms with van der Waals surface area (Å²) in [6.45, 7) is -0.514. The lowest BCUT2D eigenvalue weighted by atomic mass is 10.3. The summed E-state index contributed by atoms with van der Waals surface area (Å²) >= 11 is 5.78. The first-order valence-electron chi connectivity index (χ1n) is 10.5. The van der Waals surface area contributed by atoms with Crippen molar-refractivity contribution in [3.8, 4) is 5.75 Å². The van der Waals surface area contributed by atoms with Gasteiger partial charge >= 0.3 is 18.0 Å². The lowest BCUT2D eigenvalue weighted by molar-refractivity contribution is -0.146. The van der Waals surface area contributed by atoms with Crippen LogP contribution < -0.4 is 15.4 Å². The number of fused-ring (bicyclic) bond motifs is 1. The number of nitrogens with one attached hydrogen (secondary N) is 2. The normalized spacial score (nSPS) is 11.4. The predicted octanol–water partition coefficient (Wildman–Crippen LogP) is 3.06. The number of halogens is 4. The predicted molar refractivity (Wildman–Crippen MR) is 120 cm³/mol. The molecular formula is C22H18ClF3N6O4. The molecule has 0 aliphatic carbocycles. The first-order valence-corrected chi connectivity index (χ1v) is 10.9. The van der Waals surface area contributed by atoms with E-state index in [-0.39, 0.29) is 36.6 Å². The Morgan fingerprint density at radius 2 is 1.75 bits per heavy atom. The van der Waals surface area contributed by atoms with E-state index >= 15 is 0 Å². The molecule has 2 heterocycles. The molecule has 0 saturated carbocycles. The fraction of sp³-hybridized carbons (Fsp3) is 0.227. The van der Waals surface area contributed by atoms with Gasteiger partial charge in [-0.25, -0.2) is 4.98 Å². The molecule has 0 fully saturated rings. The van der Waals surface area contributed by atoms with Gasteiger partial charge in [-0.2, -0.15) is 18.2 Å². The molecule has 2 N–H and O–H groups in total. The highest BCUT2D eigenvalue weighted by atomic mass is 35.5. The molecule has 4 rings (SSSR count). The van der Waals surface area contributed by atoms with Crippen LogP contribution in [0.15, 0.2) is 53.1 Å². The van der Waals surface area contributed by atoms with E-state index in [1.807, 2.05) is 0 Å². The Hall–Kier alpha value is -4.13. The van der Waals surface area contributed by atoms with E-state index in [4.69, 9.17) is 20.9 Å². The lowest BCUT2D eigenvalue weighted by Crippen LogP contribution is -2.36. The van der Waals surface area contributed by atoms with E-state index < -0.39 is 36.3 Å². The number of nitrogens with zero attached hydrogens (tertiary/aromatic N) is 4. The molecule has 0 spiro atoms. The zero-order chi connectivity index (χ0) is 25.7. The maximum atomic E-state index is 13.4. The average Bonchev–Trinajstić information content (AvgIpc) is 3.47. The number of aromatic nitrogens is 4. The minimum atomic E-state index is -4.70. The standard InChI is InChI=1S/C22H18ClF3N6O4/c23-13-5-7-14(8-6-13)35-12-18(33)27-9-10-28-19(34)20-30-17(31-36-20)11-32-16-4-2-1-3-15(16)29-21(32)22(24,25)26/h1-8H,9-12H2,(H,27,33)(H,28,34). The van der Waals surface area contributed by atoms with Crippen LogP contribution in [0.25, 0.3) is 11.0 Å². The first-order chi connectivity index (χ1) is 17.2. The largest absolute Gasteiger partial charge is 0.484 e. The second-order valence-electron chi connectivity index (χ2n) is 7.37. The number of ether oxygens (including phenoxy) is 1. The molecule has 0 aliphatic heterocycles. The molecule has 2 aromatic carbocycles. The van der Waals surface area contributed by atoms with Crippen LogP contribution in [0.4, 0.5) is 13.2 Å². The summed E-state index contributed by atoms with van der Waals surface area (Å²) in [5.41, 5.74) is 0.392. The van der Waals surface area contributed by atoms with Gasteiger partial charge in [0.25, 0.3) is 5.91 Å². The van der Waals surface area contributed by atoms with Gasteiger partial charge < -0.3 is 24.5 Å². The number of imidazole rings is 1. The van der Waals surface area contributed by atoms with Crippen LogP contribution in [0.1, 0.15) is 22.3 Å². The third-order valence-electron chi connectivity index (χ3n) is 4.79. The number of hydrogen-bond donors (Lipinski definition) is 2. The van der Waals surface area contributed by atoms with Crippen molar-refractivity contribution >= 4 is 34.4 Å². The summed E-state index contributed by atoms with van der Waals surface area (Å²) in [4.78, 5) is 31.6. The Balaban J connectivity index is 1.28. The summed E-state index contributed by atoms with van der Waals surface area (Å²) in [6, 6.07) is 12.6. The Morgan fingerprint density at radius 3 is 2.50 bits per heavy atom. The van der Waals surface area contributed by atoms with Gasteiger partial charge in [-0.15, -0.1) is 0 Å². The highest BCUT2D eigenvalue weighted by Gasteiger charge is 2.38. The molecule has 2 aromatic heterocycles. The van der Waals surface area contributed by atoms with Gasteiger partial charge in [0, 0.05) is 18.1 Å². The maximum absolute atomic E-state index is 13.4. The Morgan fingerprint density at radius 1 is 1.03 bits per heavy atom. The van der Waals surface area contributed by atoms with Gasteiger partial charge in [-0.1, -0.05) is 28.9 Å². The van der Waals surface area contributed by atoms with Crippen molar-refractivity contribution in [1.82, 2.24) is 30.3 Å². The monoisotopic (exact) mass is 522 g/mol. The molecule has 0 unspecified atom stereocenters. The quantitative estimate of drug-likeness (QED) is 0.324. The number of hydrogen-bond acceptors (Lipinski definition) is 7. The van der Waals surface area contributed by atoms with Gasteiger partial charge in [-0.05, 0) is 36.4 Å². The van der Waals surface area contributed by atoms with E-state index in [0.717, 1.165) is 4.57 Å². The van der Waals surface area contributed by atoms with Gasteiger partial charge in [0.1, 0.15) is 5.75 Å². The van der Waals surface area contributed by atoms with Gasteiger partial charge in [0.05, 0.1) is 17.6 Å². The van der Waals surface area contributed by atoms with Crippen LogP contribution in [0.5, 0.6) is 5.75 Å². The maximum Gasteiger partial charge on any atom is 0.449 e. The number of alkyl halides is 3. The average molecular weight is 523 g/mol. The summed E-state index contributed by atoms with van der Waals surface area (Å²) < 4.78 is 51.4. The summed E-state index contributed by atoms with van der Waals surface area (Å²) in [5, 5.41) is 9.16. The van der Waals surface area contributed by atoms with Crippen molar-refractivity contribution in [2.45, 2.75) is 12.7 Å². The summed E-state index contributed by atoms with van der Waals surface area (Å²) in [5.74, 6) is -2.36. The second-order valence-corrected chi connectivity index (χ2v) is 7.81. The minimum absolute atomic E-state index is 0.0353. The zero-order valence-corrected chi connectivity index (χ0v) is 19.1. The van der Waals surface area contributed by atoms with Crippen LogP contribution in [-0.2, 0) is 17.5 Å². The number of amides is 2. The molecule has 4 aromatic rings. The molecule has 10 nitrogen and oxygen atoms in total. The SMILES string of the molecule is O=C(COc1ccc(Cl)cc1)NCCNC(=O)c1nc(Cn2c(C(F)(F)F)nc3ccccc32)no1. The van der Waals surface area contributed by atoms with E-state index in [0.29, 0.717) is 10.8 Å². The van der Waals surface area contributed by atoms with E-state index in [1.165, 1.54) is 12.1 Å². The highest BCUT2D eigenvalue weighted by Crippen LogP contribution is 2.31. The van der Waals surface area contributed by atoms with E-state index in [9.17, 15) is 22.8 Å². The molecule has 2 amide bonds. The highest BCUT2D eigenvalue weighted by molar-refractivity contribution is 6.30. The number of carbonyl (C=O) groups excluding carboxylic acids is 2. The van der Waals surface area contributed by atoms with Crippen LogP contribution in [0.3, 0.4) is 0 Å². The Bertz CT molecular complexity index is 1370. The molecular weight excluding hydrogens is 505 g/mol. The number of para-hydroxylation sites is 2. The fourth-order valence-electron chi connectivity index (χ4n) is 3.19.